The first-order valence-electron chi connectivity index (χ1n) is 7.81. The van der Waals surface area contributed by atoms with Crippen molar-refractivity contribution in [2.75, 3.05) is 19.5 Å². The van der Waals surface area contributed by atoms with E-state index in [9.17, 15) is 14.0 Å². The molecule has 138 valence electrons. The van der Waals surface area contributed by atoms with Crippen molar-refractivity contribution >= 4 is 28.9 Å². The number of aromatic nitrogens is 1. The van der Waals surface area contributed by atoms with Crippen LogP contribution in [0, 0.1) is 5.82 Å². The highest BCUT2D eigenvalue weighted by molar-refractivity contribution is 7.13. The number of nitrogens with one attached hydrogen (secondary N) is 1. The lowest BCUT2D eigenvalue weighted by Gasteiger charge is -2.07. The number of ether oxygens (including phenoxy) is 2. The number of methoxy groups -OCH3 is 2. The molecule has 1 amide bonds. The molecule has 1 N–H and O–H groups in total. The van der Waals surface area contributed by atoms with Crippen molar-refractivity contribution in [3.8, 4) is 16.3 Å². The number of esters is 1. The van der Waals surface area contributed by atoms with Gasteiger partial charge in [-0.2, -0.15) is 0 Å². The third kappa shape index (κ3) is 3.95. The zero-order valence-corrected chi connectivity index (χ0v) is 15.3. The molecule has 0 atom stereocenters. The zero-order chi connectivity index (χ0) is 19.4. The molecule has 3 rings (SSSR count). The Kier molecular flexibility index (Phi) is 5.46. The number of benzene rings is 2. The van der Waals surface area contributed by atoms with Crippen LogP contribution in [0.2, 0.25) is 0 Å². The number of rotatable bonds is 5. The molecule has 2 aromatic carbocycles. The van der Waals surface area contributed by atoms with Crippen LogP contribution in [0.1, 0.15) is 20.8 Å². The first-order valence-corrected chi connectivity index (χ1v) is 8.69. The molecule has 0 unspecified atom stereocenters. The average Bonchev–Trinajstić information content (AvgIpc) is 3.19. The maximum absolute atomic E-state index is 14.0. The Balaban J connectivity index is 1.84. The Morgan fingerprint density at radius 3 is 2.67 bits per heavy atom. The van der Waals surface area contributed by atoms with Gasteiger partial charge < -0.3 is 14.8 Å². The van der Waals surface area contributed by atoms with E-state index in [1.807, 2.05) is 18.2 Å². The highest BCUT2D eigenvalue weighted by Gasteiger charge is 2.17. The summed E-state index contributed by atoms with van der Waals surface area (Å²) in [6, 6.07) is 10.9. The summed E-state index contributed by atoms with van der Waals surface area (Å²) < 4.78 is 23.9. The maximum atomic E-state index is 14.0. The molecule has 0 bridgehead atoms. The topological polar surface area (TPSA) is 77.5 Å². The fraction of sp³-hybridized carbons (Fsp3) is 0.105. The van der Waals surface area contributed by atoms with Crippen LogP contribution in [-0.2, 0) is 4.74 Å². The van der Waals surface area contributed by atoms with Gasteiger partial charge in [0.25, 0.3) is 5.91 Å². The largest absolute Gasteiger partial charge is 0.496 e. The van der Waals surface area contributed by atoms with Crippen LogP contribution >= 0.6 is 11.3 Å². The Labute approximate surface area is 158 Å². The molecule has 1 heterocycles. The molecule has 1 aromatic heterocycles. The number of thiazole rings is 1. The number of amides is 1. The highest BCUT2D eigenvalue weighted by Crippen LogP contribution is 2.32. The minimum absolute atomic E-state index is 0.127. The number of nitrogens with zero attached hydrogens (tertiary/aromatic N) is 1. The van der Waals surface area contributed by atoms with E-state index < -0.39 is 17.7 Å². The van der Waals surface area contributed by atoms with Gasteiger partial charge in [-0.3, -0.25) is 4.79 Å². The number of anilines is 1. The summed E-state index contributed by atoms with van der Waals surface area (Å²) in [4.78, 5) is 28.3. The van der Waals surface area contributed by atoms with E-state index in [0.29, 0.717) is 10.8 Å². The van der Waals surface area contributed by atoms with Gasteiger partial charge in [0.05, 0.1) is 31.0 Å². The van der Waals surface area contributed by atoms with Gasteiger partial charge in [-0.15, -0.1) is 11.3 Å². The standard InChI is InChI=1S/C19H15FN2O4S/c1-25-16-6-4-3-5-12(16)18-22-15(10-27-18)17(23)21-14-9-11(19(24)26-2)7-8-13(14)20/h3-10H,1-2H3,(H,21,23). The lowest BCUT2D eigenvalue weighted by Crippen LogP contribution is -2.14. The van der Waals surface area contributed by atoms with Crippen molar-refractivity contribution in [2.24, 2.45) is 0 Å². The maximum Gasteiger partial charge on any atom is 0.337 e. The van der Waals surface area contributed by atoms with Crippen molar-refractivity contribution in [2.45, 2.75) is 0 Å². The highest BCUT2D eigenvalue weighted by atomic mass is 32.1. The number of carbonyl (C=O) groups excluding carboxylic acids is 2. The van der Waals surface area contributed by atoms with E-state index in [4.69, 9.17) is 4.74 Å². The van der Waals surface area contributed by atoms with E-state index in [1.54, 1.807) is 18.6 Å². The second-order valence-corrected chi connectivity index (χ2v) is 6.24. The second kappa shape index (κ2) is 7.96. The molecule has 27 heavy (non-hydrogen) atoms. The fourth-order valence-corrected chi connectivity index (χ4v) is 3.20. The van der Waals surface area contributed by atoms with Crippen LogP contribution < -0.4 is 10.1 Å². The molecule has 0 saturated carbocycles. The lowest BCUT2D eigenvalue weighted by atomic mass is 10.2. The normalized spacial score (nSPS) is 10.3. The summed E-state index contributed by atoms with van der Waals surface area (Å²) in [6.07, 6.45) is 0. The molecule has 0 aliphatic rings. The summed E-state index contributed by atoms with van der Waals surface area (Å²) >= 11 is 1.27. The first kappa shape index (κ1) is 18.5. The molecule has 0 aliphatic carbocycles. The number of hydrogen-bond acceptors (Lipinski definition) is 6. The molecular weight excluding hydrogens is 371 g/mol. The molecular formula is C19H15FN2O4S. The van der Waals surface area contributed by atoms with E-state index in [0.717, 1.165) is 11.6 Å². The molecule has 0 aliphatic heterocycles. The van der Waals surface area contributed by atoms with Gasteiger partial charge in [0.1, 0.15) is 22.3 Å². The predicted octanol–water partition coefficient (Wildman–Crippen LogP) is 4.00. The molecule has 0 saturated heterocycles. The van der Waals surface area contributed by atoms with Gasteiger partial charge in [-0.25, -0.2) is 14.2 Å². The Morgan fingerprint density at radius 2 is 1.93 bits per heavy atom. The van der Waals surface area contributed by atoms with Crippen LogP contribution in [0.4, 0.5) is 10.1 Å². The quantitative estimate of drug-likeness (QED) is 0.671. The molecule has 0 fully saturated rings. The smallest absolute Gasteiger partial charge is 0.337 e. The van der Waals surface area contributed by atoms with Crippen molar-refractivity contribution < 1.29 is 23.5 Å². The summed E-state index contributed by atoms with van der Waals surface area (Å²) in [5, 5.41) is 4.60. The van der Waals surface area contributed by atoms with Crippen molar-refractivity contribution in [3.05, 3.63) is 64.9 Å². The van der Waals surface area contributed by atoms with E-state index >= 15 is 0 Å². The molecule has 3 aromatic rings. The summed E-state index contributed by atoms with van der Waals surface area (Å²) in [7, 11) is 2.77. The lowest BCUT2D eigenvalue weighted by molar-refractivity contribution is 0.0600. The number of carbonyl (C=O) groups is 2. The molecule has 0 spiro atoms. The van der Waals surface area contributed by atoms with Crippen molar-refractivity contribution in [3.63, 3.8) is 0 Å². The van der Waals surface area contributed by atoms with Crippen molar-refractivity contribution in [1.82, 2.24) is 4.98 Å². The van der Waals surface area contributed by atoms with Gasteiger partial charge in [-0.05, 0) is 30.3 Å². The monoisotopic (exact) mass is 386 g/mol. The predicted molar refractivity (Wildman–Crippen MR) is 99.8 cm³/mol. The van der Waals surface area contributed by atoms with Gasteiger partial charge in [0.2, 0.25) is 0 Å². The van der Waals surface area contributed by atoms with Crippen LogP contribution in [0.3, 0.4) is 0 Å². The fourth-order valence-electron chi connectivity index (χ4n) is 2.38. The van der Waals surface area contributed by atoms with Gasteiger partial charge >= 0.3 is 5.97 Å². The van der Waals surface area contributed by atoms with Crippen LogP contribution in [0.25, 0.3) is 10.6 Å². The molecule has 8 heteroatoms. The van der Waals surface area contributed by atoms with E-state index in [1.165, 1.54) is 30.6 Å². The number of halogens is 1. The second-order valence-electron chi connectivity index (χ2n) is 5.38. The Morgan fingerprint density at radius 1 is 1.15 bits per heavy atom. The first-order chi connectivity index (χ1) is 13.0. The minimum atomic E-state index is -0.670. The molecule has 0 radical (unpaired) electrons. The summed E-state index contributed by atoms with van der Waals surface area (Å²) in [6.45, 7) is 0. The average molecular weight is 386 g/mol. The minimum Gasteiger partial charge on any atom is -0.496 e. The summed E-state index contributed by atoms with van der Waals surface area (Å²) in [5.41, 5.74) is 0.878. The Hall–Kier alpha value is -3.26. The van der Waals surface area contributed by atoms with Crippen LogP contribution in [-0.4, -0.2) is 31.1 Å². The summed E-state index contributed by atoms with van der Waals surface area (Å²) in [5.74, 6) is -1.25. The number of hydrogen-bond donors (Lipinski definition) is 1. The van der Waals surface area contributed by atoms with Crippen LogP contribution in [0.15, 0.2) is 47.8 Å². The third-order valence-corrected chi connectivity index (χ3v) is 4.59. The third-order valence-electron chi connectivity index (χ3n) is 3.71. The van der Waals surface area contributed by atoms with Gasteiger partial charge in [0, 0.05) is 5.38 Å². The SMILES string of the molecule is COC(=O)c1ccc(F)c(NC(=O)c2csc(-c3ccccc3OC)n2)c1. The zero-order valence-electron chi connectivity index (χ0n) is 14.5. The van der Waals surface area contributed by atoms with Crippen LogP contribution in [0.5, 0.6) is 5.75 Å². The van der Waals surface area contributed by atoms with Gasteiger partial charge in [-0.1, -0.05) is 12.1 Å². The van der Waals surface area contributed by atoms with E-state index in [-0.39, 0.29) is 16.9 Å². The Bertz CT molecular complexity index is 1000. The van der Waals surface area contributed by atoms with Crippen molar-refractivity contribution in [1.29, 1.82) is 0 Å². The molecule has 6 nitrogen and oxygen atoms in total. The number of para-hydroxylation sites is 1. The van der Waals surface area contributed by atoms with Gasteiger partial charge in [0.15, 0.2) is 0 Å². The van der Waals surface area contributed by atoms with E-state index in [2.05, 4.69) is 15.0 Å².